The van der Waals surface area contributed by atoms with Crippen LogP contribution in [0.2, 0.25) is 0 Å². The molecule has 0 fully saturated rings. The third-order valence-corrected chi connectivity index (χ3v) is 9.34. The van der Waals surface area contributed by atoms with Crippen LogP contribution in [0.3, 0.4) is 0 Å². The lowest BCUT2D eigenvalue weighted by Crippen LogP contribution is -2.55. The second kappa shape index (κ2) is 33.1. The molecule has 380 valence electrons. The zero-order chi connectivity index (χ0) is 51.2. The summed E-state index contributed by atoms with van der Waals surface area (Å²) in [7, 11) is 0. The van der Waals surface area contributed by atoms with Crippen molar-refractivity contribution in [2.75, 3.05) is 45.8 Å². The van der Waals surface area contributed by atoms with Gasteiger partial charge in [-0.2, -0.15) is 0 Å². The lowest BCUT2D eigenvalue weighted by atomic mass is 10.0. The highest BCUT2D eigenvalue weighted by Gasteiger charge is 2.28. The van der Waals surface area contributed by atoms with Crippen molar-refractivity contribution in [1.29, 1.82) is 0 Å². The van der Waals surface area contributed by atoms with Crippen LogP contribution >= 0.6 is 0 Å². The number of nitrogens with zero attached hydrogens (tertiary/aromatic N) is 1. The molecule has 0 aromatic rings. The van der Waals surface area contributed by atoms with E-state index in [1.165, 1.54) is 6.92 Å². The van der Waals surface area contributed by atoms with E-state index in [-0.39, 0.29) is 55.9 Å². The second-order valence-corrected chi connectivity index (χ2v) is 16.9. The summed E-state index contributed by atoms with van der Waals surface area (Å²) < 4.78 is 0. The molecular weight excluding hydrogens is 879 g/mol. The molecule has 0 aromatic carbocycles. The molecule has 0 aliphatic carbocycles. The van der Waals surface area contributed by atoms with Gasteiger partial charge in [0.15, 0.2) is 5.96 Å². The fraction of sp³-hybridized carbons (Fsp3) is 0.707. The summed E-state index contributed by atoms with van der Waals surface area (Å²) in [4.78, 5) is 141. The van der Waals surface area contributed by atoms with Gasteiger partial charge in [0, 0.05) is 13.5 Å². The van der Waals surface area contributed by atoms with Crippen molar-refractivity contribution in [2.45, 2.75) is 124 Å². The molecule has 0 aliphatic heterocycles. The molecule has 26 heteroatoms. The summed E-state index contributed by atoms with van der Waals surface area (Å²) in [6, 6.07) is -5.22. The Labute approximate surface area is 391 Å². The molecule has 5 atom stereocenters. The number of rotatable bonds is 32. The average molecular weight is 954 g/mol. The molecule has 0 aromatic heterocycles. The van der Waals surface area contributed by atoms with E-state index in [0.29, 0.717) is 25.8 Å². The molecule has 0 saturated carbocycles. The standard InChI is InChI=1S/C41H75N15O11/c1-22(2)15-28(38(65)50-20-33(61)55-29(16-23(3)4)39(66)49-19-32(60)53-27(36(44)63)12-8-9-13-42)54-31(59)18-47-30(58)17-51-40(67)35(24(5)6)56-34(62)21-48-37(64)26(43)11-10-14-46-41(45)52-25(7)57/h22-24,26-29,35H,8-21,42-43H2,1-7H3,(H2,44,63)(H,47,58)(H,48,64)(H,49,66)(H,50,65)(H,51,67)(H,53,60)(H,54,59)(H,55,61)(H,56,62)(H3,45,46,52,57)/t26-,27-,28-,29-,35-/m0/s1. The van der Waals surface area contributed by atoms with E-state index in [4.69, 9.17) is 22.9 Å². The Balaban J connectivity index is 5.06. The first-order chi connectivity index (χ1) is 31.4. The first kappa shape index (κ1) is 60.6. The van der Waals surface area contributed by atoms with Crippen molar-refractivity contribution < 1.29 is 52.7 Å². The first-order valence-corrected chi connectivity index (χ1v) is 22.2. The molecule has 67 heavy (non-hydrogen) atoms. The Hall–Kier alpha value is -6.44. The van der Waals surface area contributed by atoms with E-state index >= 15 is 0 Å². The molecule has 0 aliphatic rings. The van der Waals surface area contributed by atoms with E-state index in [0.717, 1.165) is 0 Å². The molecule has 18 N–H and O–H groups in total. The fourth-order valence-corrected chi connectivity index (χ4v) is 5.94. The molecule has 11 amide bonds. The summed E-state index contributed by atoms with van der Waals surface area (Å²) in [5.41, 5.74) is 22.3. The van der Waals surface area contributed by atoms with Gasteiger partial charge in [-0.15, -0.1) is 0 Å². The second-order valence-electron chi connectivity index (χ2n) is 16.9. The van der Waals surface area contributed by atoms with Gasteiger partial charge in [0.25, 0.3) is 0 Å². The van der Waals surface area contributed by atoms with Crippen LogP contribution in [-0.2, 0) is 52.7 Å². The molecule has 0 rings (SSSR count). The monoisotopic (exact) mass is 954 g/mol. The van der Waals surface area contributed by atoms with Gasteiger partial charge in [-0.3, -0.25) is 63.0 Å². The third-order valence-electron chi connectivity index (χ3n) is 9.34. The maximum absolute atomic E-state index is 13.1. The number of amides is 11. The number of guanidine groups is 1. The van der Waals surface area contributed by atoms with Crippen LogP contribution in [-0.4, -0.2) is 147 Å². The minimum Gasteiger partial charge on any atom is -0.370 e. The highest BCUT2D eigenvalue weighted by molar-refractivity contribution is 5.96. The smallest absolute Gasteiger partial charge is 0.243 e. The van der Waals surface area contributed by atoms with Crippen LogP contribution in [0.4, 0.5) is 0 Å². The van der Waals surface area contributed by atoms with Crippen molar-refractivity contribution in [3.63, 3.8) is 0 Å². The third kappa shape index (κ3) is 29.0. The molecule has 0 bridgehead atoms. The summed E-state index contributed by atoms with van der Waals surface area (Å²) in [6.45, 7) is 9.68. The van der Waals surface area contributed by atoms with Gasteiger partial charge in [0.05, 0.1) is 38.8 Å². The van der Waals surface area contributed by atoms with E-state index < -0.39 is 128 Å². The van der Waals surface area contributed by atoms with Crippen LogP contribution in [0.5, 0.6) is 0 Å². The summed E-state index contributed by atoms with van der Waals surface area (Å²) >= 11 is 0. The predicted octanol–water partition coefficient (Wildman–Crippen LogP) is -5.57. The summed E-state index contributed by atoms with van der Waals surface area (Å²) in [6.07, 6.45) is 2.37. The van der Waals surface area contributed by atoms with Crippen LogP contribution < -0.4 is 76.1 Å². The van der Waals surface area contributed by atoms with Gasteiger partial charge in [-0.05, 0) is 69.2 Å². The molecule has 0 heterocycles. The Morgan fingerprint density at radius 3 is 1.39 bits per heavy atom. The predicted molar refractivity (Wildman–Crippen MR) is 246 cm³/mol. The Kier molecular flexibility index (Phi) is 29.9. The van der Waals surface area contributed by atoms with Crippen molar-refractivity contribution in [3.05, 3.63) is 0 Å². The van der Waals surface area contributed by atoms with Crippen molar-refractivity contribution in [2.24, 2.45) is 45.7 Å². The number of hydrogen-bond donors (Lipinski definition) is 14. The topological polar surface area (TPSA) is 425 Å². The maximum atomic E-state index is 13.1. The first-order valence-electron chi connectivity index (χ1n) is 22.2. The summed E-state index contributed by atoms with van der Waals surface area (Å²) in [5, 5.41) is 24.3. The van der Waals surface area contributed by atoms with Crippen LogP contribution in [0.15, 0.2) is 4.99 Å². The van der Waals surface area contributed by atoms with Gasteiger partial charge in [0.1, 0.15) is 24.2 Å². The molecular formula is C41H75N15O11. The summed E-state index contributed by atoms with van der Waals surface area (Å²) in [5.74, 6) is -8.14. The van der Waals surface area contributed by atoms with E-state index in [1.807, 2.05) is 13.8 Å². The van der Waals surface area contributed by atoms with E-state index in [2.05, 4.69) is 58.2 Å². The van der Waals surface area contributed by atoms with Gasteiger partial charge in [0.2, 0.25) is 65.0 Å². The van der Waals surface area contributed by atoms with Gasteiger partial charge in [-0.25, -0.2) is 0 Å². The Morgan fingerprint density at radius 2 is 0.940 bits per heavy atom. The highest BCUT2D eigenvalue weighted by atomic mass is 16.2. The maximum Gasteiger partial charge on any atom is 0.243 e. The number of nitrogens with two attached hydrogens (primary N) is 4. The molecule has 0 saturated heterocycles. The Bertz CT molecular complexity index is 1730. The number of carbonyl (C=O) groups is 11. The molecule has 0 radical (unpaired) electrons. The van der Waals surface area contributed by atoms with E-state index in [9.17, 15) is 52.7 Å². The van der Waals surface area contributed by atoms with Crippen LogP contribution in [0.1, 0.15) is 93.4 Å². The lowest BCUT2D eigenvalue weighted by molar-refractivity contribution is -0.133. The zero-order valence-electron chi connectivity index (χ0n) is 39.8. The minimum absolute atomic E-state index is 0.0664. The van der Waals surface area contributed by atoms with Crippen molar-refractivity contribution in [3.8, 4) is 0 Å². The van der Waals surface area contributed by atoms with Gasteiger partial charge >= 0.3 is 0 Å². The van der Waals surface area contributed by atoms with Crippen LogP contribution in [0.25, 0.3) is 0 Å². The SMILES string of the molecule is CC(=O)NC(N)=NCCC[C@H](N)C(=O)NCC(=O)N[C@H](C(=O)NCC(=O)NCC(=O)N[C@@H](CC(C)C)C(=O)NCC(=O)N[C@@H](CC(C)C)C(=O)NCC(=O)N[C@@H](CCCCN)C(N)=O)C(C)C. The largest absolute Gasteiger partial charge is 0.370 e. The normalized spacial score (nSPS) is 13.5. The fourth-order valence-electron chi connectivity index (χ4n) is 5.94. The number of carbonyl (C=O) groups excluding carboxylic acids is 11. The zero-order valence-corrected chi connectivity index (χ0v) is 39.8. The van der Waals surface area contributed by atoms with Gasteiger partial charge in [-0.1, -0.05) is 41.5 Å². The quantitative estimate of drug-likeness (QED) is 0.0170. The number of aliphatic imine (C=N–C) groups is 1. The van der Waals surface area contributed by atoms with Gasteiger partial charge < -0.3 is 70.8 Å². The highest BCUT2D eigenvalue weighted by Crippen LogP contribution is 2.07. The number of nitrogens with one attached hydrogen (secondary N) is 10. The molecule has 0 unspecified atom stereocenters. The van der Waals surface area contributed by atoms with Crippen molar-refractivity contribution >= 4 is 70.9 Å². The van der Waals surface area contributed by atoms with Crippen LogP contribution in [0, 0.1) is 17.8 Å². The minimum atomic E-state index is -1.12. The number of unbranched alkanes of at least 4 members (excludes halogenated alkanes) is 1. The average Bonchev–Trinajstić information content (AvgIpc) is 3.23. The number of primary amides is 1. The number of hydrogen-bond acceptors (Lipinski definition) is 14. The van der Waals surface area contributed by atoms with E-state index in [1.54, 1.807) is 27.7 Å². The van der Waals surface area contributed by atoms with Crippen molar-refractivity contribution in [1.82, 2.24) is 53.2 Å². The molecule has 0 spiro atoms. The molecule has 26 nitrogen and oxygen atoms in total. The Morgan fingerprint density at radius 1 is 0.507 bits per heavy atom. The lowest BCUT2D eigenvalue weighted by Gasteiger charge is -2.22.